The van der Waals surface area contributed by atoms with Crippen molar-refractivity contribution in [1.29, 1.82) is 0 Å². The lowest BCUT2D eigenvalue weighted by Crippen LogP contribution is -2.67. The Labute approximate surface area is 76.5 Å². The average molecular weight is 212 g/mol. The maximum absolute atomic E-state index is 11.3. The molecule has 6 heteroatoms. The van der Waals surface area contributed by atoms with Gasteiger partial charge in [-0.15, -0.1) is 11.6 Å². The van der Waals surface area contributed by atoms with Crippen LogP contribution in [-0.2, 0) is 14.8 Å². The van der Waals surface area contributed by atoms with Crippen LogP contribution in [0.15, 0.2) is 0 Å². The lowest BCUT2D eigenvalue weighted by atomic mass is 10.2. The number of sulfonamides is 1. The number of amides is 1. The van der Waals surface area contributed by atoms with E-state index in [1.807, 2.05) is 0 Å². The third kappa shape index (κ3) is 0.959. The van der Waals surface area contributed by atoms with Crippen LogP contribution >= 0.6 is 11.6 Å². The van der Waals surface area contributed by atoms with Crippen molar-refractivity contribution in [1.82, 2.24) is 4.31 Å². The molecule has 0 unspecified atom stereocenters. The SMILES string of the molecule is CC1(C)C(=O)N(CCCl)S1(=O)=O. The Kier molecular flexibility index (Phi) is 2.12. The summed E-state index contributed by atoms with van der Waals surface area (Å²) in [5.41, 5.74) is 0. The lowest BCUT2D eigenvalue weighted by Gasteiger charge is -2.42. The van der Waals surface area contributed by atoms with Gasteiger partial charge >= 0.3 is 0 Å². The van der Waals surface area contributed by atoms with Crippen molar-refractivity contribution in [3.8, 4) is 0 Å². The van der Waals surface area contributed by atoms with Crippen LogP contribution < -0.4 is 0 Å². The number of carbonyl (C=O) groups is 1. The second-order valence-corrected chi connectivity index (χ2v) is 5.87. The molecule has 0 aliphatic carbocycles. The molecule has 1 heterocycles. The monoisotopic (exact) mass is 211 g/mol. The van der Waals surface area contributed by atoms with Gasteiger partial charge in [0.2, 0.25) is 0 Å². The van der Waals surface area contributed by atoms with Crippen molar-refractivity contribution >= 4 is 27.5 Å². The van der Waals surface area contributed by atoms with Crippen LogP contribution in [0.5, 0.6) is 0 Å². The second kappa shape index (κ2) is 2.60. The third-order valence-corrected chi connectivity index (χ3v) is 4.53. The molecule has 0 aromatic carbocycles. The summed E-state index contributed by atoms with van der Waals surface area (Å²) in [4.78, 5) is 11.2. The third-order valence-electron chi connectivity index (χ3n) is 1.96. The van der Waals surface area contributed by atoms with E-state index >= 15 is 0 Å². The minimum absolute atomic E-state index is 0.0755. The first-order chi connectivity index (χ1) is 5.35. The molecule has 0 atom stereocenters. The number of hydrogen-bond donors (Lipinski definition) is 0. The van der Waals surface area contributed by atoms with E-state index in [1.54, 1.807) is 0 Å². The van der Waals surface area contributed by atoms with E-state index < -0.39 is 14.8 Å². The van der Waals surface area contributed by atoms with E-state index in [2.05, 4.69) is 0 Å². The number of rotatable bonds is 2. The minimum atomic E-state index is -3.41. The summed E-state index contributed by atoms with van der Waals surface area (Å²) < 4.78 is 22.2. The molecule has 1 aliphatic heterocycles. The van der Waals surface area contributed by atoms with Gasteiger partial charge in [-0.2, -0.15) is 0 Å². The van der Waals surface area contributed by atoms with Crippen molar-refractivity contribution in [2.75, 3.05) is 12.4 Å². The van der Waals surface area contributed by atoms with Crippen molar-refractivity contribution in [2.45, 2.75) is 18.6 Å². The molecule has 0 saturated carbocycles. The predicted molar refractivity (Wildman–Crippen MR) is 45.4 cm³/mol. The highest BCUT2D eigenvalue weighted by atomic mass is 35.5. The molecular formula is C6H10ClNO3S. The van der Waals surface area contributed by atoms with Gasteiger partial charge in [0.15, 0.2) is 4.75 Å². The Balaban J connectivity index is 2.94. The van der Waals surface area contributed by atoms with Gasteiger partial charge in [-0.3, -0.25) is 4.79 Å². The topological polar surface area (TPSA) is 54.5 Å². The summed E-state index contributed by atoms with van der Waals surface area (Å²) in [6.45, 7) is 2.87. The number of halogens is 1. The fourth-order valence-corrected chi connectivity index (χ4v) is 2.85. The quantitative estimate of drug-likeness (QED) is 0.613. The highest BCUT2D eigenvalue weighted by molar-refractivity contribution is 7.94. The molecule has 1 aliphatic rings. The van der Waals surface area contributed by atoms with E-state index in [-0.39, 0.29) is 18.3 Å². The molecule has 1 rings (SSSR count). The molecule has 0 spiro atoms. The van der Waals surface area contributed by atoms with Gasteiger partial charge < -0.3 is 0 Å². The Bertz CT molecular complexity index is 309. The number of alkyl halides is 1. The van der Waals surface area contributed by atoms with Gasteiger partial charge in [0.1, 0.15) is 0 Å². The van der Waals surface area contributed by atoms with Crippen LogP contribution in [0.25, 0.3) is 0 Å². The Hall–Kier alpha value is -0.290. The molecule has 12 heavy (non-hydrogen) atoms. The van der Waals surface area contributed by atoms with Gasteiger partial charge in [-0.05, 0) is 13.8 Å². The highest BCUT2D eigenvalue weighted by Gasteiger charge is 2.59. The fraction of sp³-hybridized carbons (Fsp3) is 0.833. The van der Waals surface area contributed by atoms with Crippen molar-refractivity contribution in [2.24, 2.45) is 0 Å². The van der Waals surface area contributed by atoms with Crippen LogP contribution in [-0.4, -0.2) is 35.8 Å². The Morgan fingerprint density at radius 2 is 2.00 bits per heavy atom. The zero-order valence-corrected chi connectivity index (χ0v) is 8.44. The summed E-state index contributed by atoms with van der Waals surface area (Å²) in [6.07, 6.45) is 0. The molecule has 0 radical (unpaired) electrons. The van der Waals surface area contributed by atoms with E-state index in [0.29, 0.717) is 0 Å². The average Bonchev–Trinajstić information content (AvgIpc) is 1.98. The normalized spacial score (nSPS) is 25.2. The van der Waals surface area contributed by atoms with Gasteiger partial charge in [-0.25, -0.2) is 12.7 Å². The van der Waals surface area contributed by atoms with Crippen LogP contribution in [0.2, 0.25) is 0 Å². The Morgan fingerprint density at radius 1 is 1.50 bits per heavy atom. The zero-order chi connectivity index (χ0) is 9.57. The molecule has 0 bridgehead atoms. The molecule has 0 aromatic heterocycles. The van der Waals surface area contributed by atoms with Crippen LogP contribution in [0, 0.1) is 0 Å². The van der Waals surface area contributed by atoms with Crippen LogP contribution in [0.3, 0.4) is 0 Å². The van der Waals surface area contributed by atoms with Gasteiger partial charge in [-0.1, -0.05) is 0 Å². The zero-order valence-electron chi connectivity index (χ0n) is 6.87. The van der Waals surface area contributed by atoms with Crippen molar-refractivity contribution in [3.63, 3.8) is 0 Å². The summed E-state index contributed by atoms with van der Waals surface area (Å²) in [5, 5.41) is 0. The first-order valence-electron chi connectivity index (χ1n) is 3.48. The molecule has 0 N–H and O–H groups in total. The highest BCUT2D eigenvalue weighted by Crippen LogP contribution is 2.34. The van der Waals surface area contributed by atoms with Crippen molar-refractivity contribution < 1.29 is 13.2 Å². The summed E-state index contributed by atoms with van der Waals surface area (Å²) in [7, 11) is -3.41. The predicted octanol–water partition coefficient (Wildman–Crippen LogP) is 0.176. The Morgan fingerprint density at radius 3 is 2.33 bits per heavy atom. The standard InChI is InChI=1S/C6H10ClNO3S/c1-6(2)5(9)8(4-3-7)12(6,10)11/h3-4H2,1-2H3. The largest absolute Gasteiger partial charge is 0.272 e. The molecule has 4 nitrogen and oxygen atoms in total. The first-order valence-corrected chi connectivity index (χ1v) is 5.46. The van der Waals surface area contributed by atoms with E-state index in [1.165, 1.54) is 13.8 Å². The van der Waals surface area contributed by atoms with E-state index in [9.17, 15) is 13.2 Å². The number of carbonyl (C=O) groups excluding carboxylic acids is 1. The van der Waals surface area contributed by atoms with Crippen LogP contribution in [0.1, 0.15) is 13.8 Å². The van der Waals surface area contributed by atoms with E-state index in [0.717, 1.165) is 4.31 Å². The molecule has 70 valence electrons. The summed E-state index contributed by atoms with van der Waals surface area (Å²) in [5.74, 6) is -0.232. The van der Waals surface area contributed by atoms with Crippen LogP contribution in [0.4, 0.5) is 0 Å². The molecule has 1 saturated heterocycles. The molecule has 1 fully saturated rings. The number of nitrogens with zero attached hydrogens (tertiary/aromatic N) is 1. The molecule has 0 aromatic rings. The minimum Gasteiger partial charge on any atom is -0.272 e. The van der Waals surface area contributed by atoms with Gasteiger partial charge in [0.25, 0.3) is 15.9 Å². The second-order valence-electron chi connectivity index (χ2n) is 3.08. The number of hydrogen-bond acceptors (Lipinski definition) is 3. The molecule has 1 amide bonds. The van der Waals surface area contributed by atoms with Crippen molar-refractivity contribution in [3.05, 3.63) is 0 Å². The lowest BCUT2D eigenvalue weighted by molar-refractivity contribution is -0.131. The van der Waals surface area contributed by atoms with Gasteiger partial charge in [0.05, 0.1) is 6.54 Å². The fourth-order valence-electron chi connectivity index (χ4n) is 1.05. The first kappa shape index (κ1) is 9.80. The smallest absolute Gasteiger partial charge is 0.258 e. The van der Waals surface area contributed by atoms with Gasteiger partial charge in [0, 0.05) is 5.88 Å². The van der Waals surface area contributed by atoms with E-state index in [4.69, 9.17) is 11.6 Å². The maximum atomic E-state index is 11.3. The summed E-state index contributed by atoms with van der Waals surface area (Å²) >= 11 is 5.34. The molecular weight excluding hydrogens is 202 g/mol. The summed E-state index contributed by atoms with van der Waals surface area (Å²) in [6, 6.07) is 0. The maximum Gasteiger partial charge on any atom is 0.258 e.